The summed E-state index contributed by atoms with van der Waals surface area (Å²) in [4.78, 5) is 16.4. The van der Waals surface area contributed by atoms with Crippen molar-refractivity contribution in [3.63, 3.8) is 0 Å². The first-order valence-corrected chi connectivity index (χ1v) is 9.23. The van der Waals surface area contributed by atoms with Crippen molar-refractivity contribution in [2.24, 2.45) is 0 Å². The number of rotatable bonds is 9. The largest absolute Gasteiger partial charge is 0.381 e. The van der Waals surface area contributed by atoms with E-state index in [1.54, 1.807) is 19.1 Å². The summed E-state index contributed by atoms with van der Waals surface area (Å²) in [5.74, 6) is -0.0217. The van der Waals surface area contributed by atoms with Gasteiger partial charge in [0.05, 0.1) is 12.3 Å². The van der Waals surface area contributed by atoms with Crippen molar-refractivity contribution < 1.29 is 13.9 Å². The third-order valence-corrected chi connectivity index (χ3v) is 4.17. The van der Waals surface area contributed by atoms with Crippen molar-refractivity contribution in [2.45, 2.75) is 19.8 Å². The second-order valence-corrected chi connectivity index (χ2v) is 6.33. The Morgan fingerprint density at radius 1 is 1.11 bits per heavy atom. The molecule has 28 heavy (non-hydrogen) atoms. The predicted octanol–water partition coefficient (Wildman–Crippen LogP) is 3.09. The van der Waals surface area contributed by atoms with E-state index in [1.165, 1.54) is 22.4 Å². The van der Waals surface area contributed by atoms with Crippen LogP contribution in [0.25, 0.3) is 5.69 Å². The van der Waals surface area contributed by atoms with Gasteiger partial charge in [0.15, 0.2) is 0 Å². The lowest BCUT2D eigenvalue weighted by Gasteiger charge is -2.05. The molecule has 0 bridgehead atoms. The smallest absolute Gasteiger partial charge is 0.290 e. The van der Waals surface area contributed by atoms with Crippen LogP contribution in [-0.4, -0.2) is 40.4 Å². The summed E-state index contributed by atoms with van der Waals surface area (Å²) in [7, 11) is 0. The van der Waals surface area contributed by atoms with Gasteiger partial charge in [-0.1, -0.05) is 30.3 Å². The Balaban J connectivity index is 1.39. The number of carbonyl (C=O) groups is 1. The third kappa shape index (κ3) is 5.47. The molecular formula is C21H23FN4O2. The number of ether oxygens (including phenoxy) is 1. The maximum Gasteiger partial charge on any atom is 0.290 e. The number of aromatic nitrogens is 3. The molecule has 0 saturated carbocycles. The number of hydrogen-bond acceptors (Lipinski definition) is 4. The molecule has 2 aromatic carbocycles. The second kappa shape index (κ2) is 9.75. The average Bonchev–Trinajstić information content (AvgIpc) is 3.10. The zero-order chi connectivity index (χ0) is 19.8. The first-order valence-electron chi connectivity index (χ1n) is 9.23. The van der Waals surface area contributed by atoms with Gasteiger partial charge in [-0.15, -0.1) is 5.10 Å². The zero-order valence-corrected chi connectivity index (χ0v) is 15.8. The topological polar surface area (TPSA) is 69.0 Å². The van der Waals surface area contributed by atoms with Gasteiger partial charge in [-0.3, -0.25) is 4.79 Å². The van der Waals surface area contributed by atoms with E-state index in [1.807, 2.05) is 18.2 Å². The fraction of sp³-hybridized carbons (Fsp3) is 0.286. The lowest BCUT2D eigenvalue weighted by Crippen LogP contribution is -2.26. The Labute approximate surface area is 163 Å². The van der Waals surface area contributed by atoms with Crippen LogP contribution in [-0.2, 0) is 11.2 Å². The Bertz CT molecular complexity index is 895. The molecule has 0 aliphatic heterocycles. The highest BCUT2D eigenvalue weighted by atomic mass is 19.1. The minimum Gasteiger partial charge on any atom is -0.381 e. The second-order valence-electron chi connectivity index (χ2n) is 6.33. The van der Waals surface area contributed by atoms with Crippen LogP contribution >= 0.6 is 0 Å². The van der Waals surface area contributed by atoms with Gasteiger partial charge >= 0.3 is 0 Å². The van der Waals surface area contributed by atoms with E-state index in [2.05, 4.69) is 27.5 Å². The highest BCUT2D eigenvalue weighted by molar-refractivity contribution is 5.90. The van der Waals surface area contributed by atoms with Gasteiger partial charge in [-0.2, -0.15) is 0 Å². The Morgan fingerprint density at radius 2 is 1.86 bits per heavy atom. The highest BCUT2D eigenvalue weighted by Gasteiger charge is 2.14. The maximum absolute atomic E-state index is 13.1. The van der Waals surface area contributed by atoms with Gasteiger partial charge in [0.25, 0.3) is 5.91 Å². The first-order chi connectivity index (χ1) is 13.6. The van der Waals surface area contributed by atoms with Crippen LogP contribution in [0.3, 0.4) is 0 Å². The lowest BCUT2D eigenvalue weighted by atomic mass is 10.2. The molecule has 146 valence electrons. The van der Waals surface area contributed by atoms with Crippen molar-refractivity contribution in [3.8, 4) is 5.69 Å². The number of nitrogens with zero attached hydrogens (tertiary/aromatic N) is 3. The SMILES string of the molecule is Cc1nc(C(=O)NCCCOCCc2ccccc2)nn1-c1ccc(F)cc1. The van der Waals surface area contributed by atoms with Crippen molar-refractivity contribution in [2.75, 3.05) is 19.8 Å². The molecule has 0 aliphatic carbocycles. The average molecular weight is 382 g/mol. The zero-order valence-electron chi connectivity index (χ0n) is 15.8. The van der Waals surface area contributed by atoms with E-state index in [-0.39, 0.29) is 17.5 Å². The monoisotopic (exact) mass is 382 g/mol. The minimum absolute atomic E-state index is 0.0896. The van der Waals surface area contributed by atoms with Gasteiger partial charge in [0, 0.05) is 13.2 Å². The van der Waals surface area contributed by atoms with Crippen molar-refractivity contribution in [3.05, 3.63) is 77.6 Å². The van der Waals surface area contributed by atoms with Crippen LogP contribution in [0.15, 0.2) is 54.6 Å². The lowest BCUT2D eigenvalue weighted by molar-refractivity contribution is 0.0932. The van der Waals surface area contributed by atoms with Gasteiger partial charge < -0.3 is 10.1 Å². The number of nitrogens with one attached hydrogen (secondary N) is 1. The summed E-state index contributed by atoms with van der Waals surface area (Å²) >= 11 is 0. The van der Waals surface area contributed by atoms with E-state index in [9.17, 15) is 9.18 Å². The van der Waals surface area contributed by atoms with Gasteiger partial charge in [-0.25, -0.2) is 14.1 Å². The van der Waals surface area contributed by atoms with E-state index < -0.39 is 0 Å². The van der Waals surface area contributed by atoms with Crippen LogP contribution in [0.5, 0.6) is 0 Å². The van der Waals surface area contributed by atoms with E-state index in [4.69, 9.17) is 4.74 Å². The molecule has 0 atom stereocenters. The molecule has 1 N–H and O–H groups in total. The van der Waals surface area contributed by atoms with Crippen molar-refractivity contribution >= 4 is 5.91 Å². The van der Waals surface area contributed by atoms with Gasteiger partial charge in [-0.05, 0) is 49.6 Å². The molecule has 3 aromatic rings. The van der Waals surface area contributed by atoms with E-state index in [0.717, 1.165) is 6.42 Å². The van der Waals surface area contributed by atoms with Crippen LogP contribution in [0.2, 0.25) is 0 Å². The maximum atomic E-state index is 13.1. The summed E-state index contributed by atoms with van der Waals surface area (Å²) in [6.07, 6.45) is 1.58. The fourth-order valence-electron chi connectivity index (χ4n) is 2.71. The number of halogens is 1. The number of carbonyl (C=O) groups excluding carboxylic acids is 1. The van der Waals surface area contributed by atoms with Crippen molar-refractivity contribution in [1.29, 1.82) is 0 Å². The molecule has 1 aromatic heterocycles. The summed E-state index contributed by atoms with van der Waals surface area (Å²) in [6.45, 7) is 3.45. The Kier molecular flexibility index (Phi) is 6.86. The van der Waals surface area contributed by atoms with Crippen LogP contribution in [0.1, 0.15) is 28.4 Å². The van der Waals surface area contributed by atoms with Crippen LogP contribution in [0.4, 0.5) is 4.39 Å². The molecule has 7 heteroatoms. The number of aryl methyl sites for hydroxylation is 1. The molecule has 1 heterocycles. The molecule has 0 radical (unpaired) electrons. The predicted molar refractivity (Wildman–Crippen MR) is 104 cm³/mol. The highest BCUT2D eigenvalue weighted by Crippen LogP contribution is 2.10. The molecule has 0 fully saturated rings. The quantitative estimate of drug-likeness (QED) is 0.578. The van der Waals surface area contributed by atoms with E-state index >= 15 is 0 Å². The van der Waals surface area contributed by atoms with Crippen molar-refractivity contribution in [1.82, 2.24) is 20.1 Å². The van der Waals surface area contributed by atoms with Crippen LogP contribution in [0, 0.1) is 12.7 Å². The summed E-state index contributed by atoms with van der Waals surface area (Å²) in [5, 5.41) is 7.00. The number of hydrogen-bond donors (Lipinski definition) is 1. The summed E-state index contributed by atoms with van der Waals surface area (Å²) in [6, 6.07) is 16.0. The third-order valence-electron chi connectivity index (χ3n) is 4.17. The standard InChI is InChI=1S/C21H23FN4O2/c1-16-24-20(25-26(16)19-10-8-18(22)9-11-19)21(27)23-13-5-14-28-15-12-17-6-3-2-4-7-17/h2-4,6-11H,5,12-15H2,1H3,(H,23,27). The molecule has 6 nitrogen and oxygen atoms in total. The molecular weight excluding hydrogens is 359 g/mol. The molecule has 0 spiro atoms. The Hall–Kier alpha value is -3.06. The molecule has 1 amide bonds. The van der Waals surface area contributed by atoms with Gasteiger partial charge in [0.2, 0.25) is 5.82 Å². The van der Waals surface area contributed by atoms with E-state index in [0.29, 0.717) is 37.7 Å². The minimum atomic E-state index is -0.340. The fourth-order valence-corrected chi connectivity index (χ4v) is 2.71. The number of amides is 1. The molecule has 3 rings (SSSR count). The number of benzene rings is 2. The first kappa shape index (κ1) is 19.7. The summed E-state index contributed by atoms with van der Waals surface area (Å²) in [5.41, 5.74) is 1.89. The van der Waals surface area contributed by atoms with Crippen LogP contribution < -0.4 is 5.32 Å². The molecule has 0 aliphatic rings. The Morgan fingerprint density at radius 3 is 2.61 bits per heavy atom. The van der Waals surface area contributed by atoms with Gasteiger partial charge in [0.1, 0.15) is 11.6 Å². The molecule has 0 saturated heterocycles. The normalized spacial score (nSPS) is 10.8. The molecule has 0 unspecified atom stereocenters. The summed E-state index contributed by atoms with van der Waals surface area (Å²) < 4.78 is 20.2.